The number of carboxylic acid groups (broad SMARTS) is 1. The van der Waals surface area contributed by atoms with E-state index in [2.05, 4.69) is 17.2 Å². The number of H-pyrrole nitrogens is 1. The van der Waals surface area contributed by atoms with Crippen LogP contribution in [0.15, 0.2) is 48.7 Å². The number of hydrogen-bond donors (Lipinski definition) is 3. The van der Waals surface area contributed by atoms with Crippen molar-refractivity contribution in [3.63, 3.8) is 0 Å². The average molecular weight is 396 g/mol. The van der Waals surface area contributed by atoms with Gasteiger partial charge in [0.2, 0.25) is 0 Å². The van der Waals surface area contributed by atoms with Gasteiger partial charge in [-0.25, -0.2) is 0 Å². The van der Waals surface area contributed by atoms with Crippen LogP contribution in [0.25, 0.3) is 10.9 Å². The molecule has 0 saturated carbocycles. The Kier molecular flexibility index (Phi) is 7.14. The van der Waals surface area contributed by atoms with Crippen molar-refractivity contribution < 1.29 is 19.4 Å². The van der Waals surface area contributed by atoms with Gasteiger partial charge < -0.3 is 24.9 Å². The molecule has 3 aromatic rings. The fourth-order valence-electron chi connectivity index (χ4n) is 3.27. The number of fused-ring (bicyclic) bond motifs is 1. The molecule has 1 aromatic heterocycles. The number of aromatic nitrogens is 1. The molecular weight excluding hydrogens is 368 g/mol. The lowest BCUT2D eigenvalue weighted by molar-refractivity contribution is -0.139. The van der Waals surface area contributed by atoms with Crippen LogP contribution in [0.4, 0.5) is 0 Å². The summed E-state index contributed by atoms with van der Waals surface area (Å²) in [7, 11) is 0. The fourth-order valence-corrected chi connectivity index (χ4v) is 3.27. The standard InChI is InChI=1S/C23H28N2O4/c1-3-11-29-21-10-9-16(12-22(21)28-4-2)14-24-20(23(26)27)13-17-15-25-19-8-6-5-7-18(17)19/h5-10,12,15,20,24-25H,3-4,11,13-14H2,1-2H3,(H,26,27). The molecule has 0 saturated heterocycles. The van der Waals surface area contributed by atoms with Gasteiger partial charge in [0.05, 0.1) is 13.2 Å². The van der Waals surface area contributed by atoms with E-state index in [0.717, 1.165) is 28.5 Å². The van der Waals surface area contributed by atoms with E-state index in [9.17, 15) is 9.90 Å². The molecule has 0 radical (unpaired) electrons. The molecule has 0 fully saturated rings. The smallest absolute Gasteiger partial charge is 0.321 e. The van der Waals surface area contributed by atoms with Gasteiger partial charge in [-0.3, -0.25) is 4.79 Å². The molecule has 0 amide bonds. The molecule has 1 unspecified atom stereocenters. The number of aromatic amines is 1. The van der Waals surface area contributed by atoms with Gasteiger partial charge in [-0.1, -0.05) is 31.2 Å². The summed E-state index contributed by atoms with van der Waals surface area (Å²) in [5.74, 6) is 0.526. The molecule has 154 valence electrons. The monoisotopic (exact) mass is 396 g/mol. The number of rotatable bonds is 11. The minimum atomic E-state index is -0.872. The third kappa shape index (κ3) is 5.29. The molecule has 6 nitrogen and oxygen atoms in total. The molecule has 2 aromatic carbocycles. The number of nitrogens with one attached hydrogen (secondary N) is 2. The third-order valence-corrected chi connectivity index (χ3v) is 4.72. The molecule has 1 heterocycles. The van der Waals surface area contributed by atoms with Gasteiger partial charge in [0.1, 0.15) is 6.04 Å². The van der Waals surface area contributed by atoms with Crippen molar-refractivity contribution in [2.45, 2.75) is 39.3 Å². The van der Waals surface area contributed by atoms with E-state index in [1.807, 2.05) is 55.6 Å². The maximum absolute atomic E-state index is 11.8. The van der Waals surface area contributed by atoms with Crippen molar-refractivity contribution in [1.82, 2.24) is 10.3 Å². The number of benzene rings is 2. The SMILES string of the molecule is CCCOc1ccc(CNC(Cc2c[nH]c3ccccc23)C(=O)O)cc1OCC. The van der Waals surface area contributed by atoms with Gasteiger partial charge in [-0.2, -0.15) is 0 Å². The molecule has 0 bridgehead atoms. The van der Waals surface area contributed by atoms with Gasteiger partial charge in [0.25, 0.3) is 0 Å². The average Bonchev–Trinajstić information content (AvgIpc) is 3.13. The number of carboxylic acids is 1. The van der Waals surface area contributed by atoms with E-state index >= 15 is 0 Å². The van der Waals surface area contributed by atoms with Gasteiger partial charge in [0, 0.05) is 30.1 Å². The first-order valence-electron chi connectivity index (χ1n) is 10.0. The zero-order valence-corrected chi connectivity index (χ0v) is 16.9. The Morgan fingerprint density at radius 3 is 2.72 bits per heavy atom. The Morgan fingerprint density at radius 1 is 1.14 bits per heavy atom. The molecule has 6 heteroatoms. The predicted octanol–water partition coefficient (Wildman–Crippen LogP) is 4.14. The second kappa shape index (κ2) is 9.98. The normalized spacial score (nSPS) is 12.1. The van der Waals surface area contributed by atoms with E-state index in [0.29, 0.717) is 37.7 Å². The Morgan fingerprint density at radius 2 is 1.97 bits per heavy atom. The highest BCUT2D eigenvalue weighted by atomic mass is 16.5. The number of carbonyl (C=O) groups is 1. The molecule has 0 spiro atoms. The highest BCUT2D eigenvalue weighted by Crippen LogP contribution is 2.29. The van der Waals surface area contributed by atoms with Crippen molar-refractivity contribution in [3.05, 3.63) is 59.8 Å². The highest BCUT2D eigenvalue weighted by Gasteiger charge is 2.19. The Balaban J connectivity index is 1.70. The van der Waals surface area contributed by atoms with Crippen LogP contribution in [-0.4, -0.2) is 35.3 Å². The van der Waals surface area contributed by atoms with Crippen molar-refractivity contribution in [3.8, 4) is 11.5 Å². The minimum absolute atomic E-state index is 0.398. The van der Waals surface area contributed by atoms with Crippen molar-refractivity contribution in [2.75, 3.05) is 13.2 Å². The first-order valence-corrected chi connectivity index (χ1v) is 10.0. The zero-order valence-electron chi connectivity index (χ0n) is 16.9. The molecular formula is C23H28N2O4. The second-order valence-corrected chi connectivity index (χ2v) is 6.90. The Bertz CT molecular complexity index is 951. The summed E-state index contributed by atoms with van der Waals surface area (Å²) in [6, 6.07) is 12.9. The number of ether oxygens (including phenoxy) is 2. The highest BCUT2D eigenvalue weighted by molar-refractivity contribution is 5.84. The largest absolute Gasteiger partial charge is 0.490 e. The number of aliphatic carboxylic acids is 1. The van der Waals surface area contributed by atoms with Crippen LogP contribution in [0.1, 0.15) is 31.4 Å². The molecule has 3 rings (SSSR count). The summed E-state index contributed by atoms with van der Waals surface area (Å²) in [5.41, 5.74) is 2.94. The molecule has 29 heavy (non-hydrogen) atoms. The topological polar surface area (TPSA) is 83.6 Å². The van der Waals surface area contributed by atoms with Crippen LogP contribution in [-0.2, 0) is 17.8 Å². The summed E-state index contributed by atoms with van der Waals surface area (Å²) in [4.78, 5) is 15.0. The van der Waals surface area contributed by atoms with E-state index in [-0.39, 0.29) is 0 Å². The maximum Gasteiger partial charge on any atom is 0.321 e. The minimum Gasteiger partial charge on any atom is -0.490 e. The van der Waals surface area contributed by atoms with E-state index < -0.39 is 12.0 Å². The van der Waals surface area contributed by atoms with Crippen LogP contribution >= 0.6 is 0 Å². The third-order valence-electron chi connectivity index (χ3n) is 4.72. The summed E-state index contributed by atoms with van der Waals surface area (Å²) in [6.07, 6.45) is 3.20. The molecule has 3 N–H and O–H groups in total. The molecule has 0 aliphatic heterocycles. The van der Waals surface area contributed by atoms with E-state index in [1.165, 1.54) is 0 Å². The molecule has 0 aliphatic carbocycles. The summed E-state index contributed by atoms with van der Waals surface area (Å²) >= 11 is 0. The summed E-state index contributed by atoms with van der Waals surface area (Å²) < 4.78 is 11.4. The van der Waals surface area contributed by atoms with Crippen LogP contribution in [0.5, 0.6) is 11.5 Å². The summed E-state index contributed by atoms with van der Waals surface area (Å²) in [5, 5.41) is 13.9. The maximum atomic E-state index is 11.8. The van der Waals surface area contributed by atoms with Gasteiger partial charge in [0.15, 0.2) is 11.5 Å². The van der Waals surface area contributed by atoms with Crippen molar-refractivity contribution in [2.24, 2.45) is 0 Å². The summed E-state index contributed by atoms with van der Waals surface area (Å²) in [6.45, 7) is 5.57. The predicted molar refractivity (Wildman–Crippen MR) is 114 cm³/mol. The van der Waals surface area contributed by atoms with Crippen LogP contribution in [0, 0.1) is 0 Å². The zero-order chi connectivity index (χ0) is 20.6. The van der Waals surface area contributed by atoms with Crippen molar-refractivity contribution >= 4 is 16.9 Å². The van der Waals surface area contributed by atoms with E-state index in [4.69, 9.17) is 9.47 Å². The second-order valence-electron chi connectivity index (χ2n) is 6.90. The van der Waals surface area contributed by atoms with E-state index in [1.54, 1.807) is 0 Å². The Hall–Kier alpha value is -2.99. The first kappa shape index (κ1) is 20.7. The number of para-hydroxylation sites is 1. The fraction of sp³-hybridized carbons (Fsp3) is 0.348. The quantitative estimate of drug-likeness (QED) is 0.454. The lowest BCUT2D eigenvalue weighted by Gasteiger charge is -2.16. The Labute approximate surface area is 170 Å². The van der Waals surface area contributed by atoms with Crippen LogP contribution < -0.4 is 14.8 Å². The van der Waals surface area contributed by atoms with Gasteiger partial charge in [-0.05, 0) is 42.7 Å². The lowest BCUT2D eigenvalue weighted by Crippen LogP contribution is -2.38. The van der Waals surface area contributed by atoms with Crippen molar-refractivity contribution in [1.29, 1.82) is 0 Å². The number of hydrogen-bond acceptors (Lipinski definition) is 4. The van der Waals surface area contributed by atoms with Crippen LogP contribution in [0.3, 0.4) is 0 Å². The lowest BCUT2D eigenvalue weighted by atomic mass is 10.0. The molecule has 1 atom stereocenters. The van der Waals surface area contributed by atoms with Gasteiger partial charge in [-0.15, -0.1) is 0 Å². The van der Waals surface area contributed by atoms with Gasteiger partial charge >= 0.3 is 5.97 Å². The molecule has 0 aliphatic rings. The van der Waals surface area contributed by atoms with Crippen LogP contribution in [0.2, 0.25) is 0 Å². The first-order chi connectivity index (χ1) is 14.1.